The largest absolute Gasteiger partial charge is 0.486 e. The zero-order valence-corrected chi connectivity index (χ0v) is 9.81. The molecule has 2 aromatic rings. The Balaban J connectivity index is 1.79. The molecule has 0 radical (unpaired) electrons. The molecule has 0 unspecified atom stereocenters. The number of benzene rings is 1. The van der Waals surface area contributed by atoms with E-state index >= 15 is 0 Å². The normalized spacial score (nSPS) is 13.3. The van der Waals surface area contributed by atoms with Crippen LogP contribution in [-0.4, -0.2) is 13.2 Å². The number of furan rings is 1. The van der Waals surface area contributed by atoms with Crippen molar-refractivity contribution in [3.8, 4) is 11.5 Å². The van der Waals surface area contributed by atoms with E-state index in [1.165, 1.54) is 0 Å². The Morgan fingerprint density at radius 2 is 1.94 bits per heavy atom. The number of fused-ring (bicyclic) bond motifs is 1. The Kier molecular flexibility index (Phi) is 2.72. The molecule has 3 rings (SSSR count). The highest BCUT2D eigenvalue weighted by atomic mass is 16.6. The molecule has 1 aromatic heterocycles. The number of anilines is 2. The summed E-state index contributed by atoms with van der Waals surface area (Å²) < 4.78 is 16.2. The number of hydrogen-bond acceptors (Lipinski definition) is 5. The third-order valence-electron chi connectivity index (χ3n) is 2.75. The molecule has 94 valence electrons. The molecular formula is C13H14N2O3. The van der Waals surface area contributed by atoms with Crippen LogP contribution in [0.1, 0.15) is 5.76 Å². The van der Waals surface area contributed by atoms with Gasteiger partial charge in [0.2, 0.25) is 0 Å². The highest BCUT2D eigenvalue weighted by Gasteiger charge is 2.14. The summed E-state index contributed by atoms with van der Waals surface area (Å²) in [5, 5.41) is 3.21. The van der Waals surface area contributed by atoms with Crippen LogP contribution < -0.4 is 20.5 Å². The second-order valence-corrected chi connectivity index (χ2v) is 4.02. The highest BCUT2D eigenvalue weighted by Crippen LogP contribution is 2.37. The molecule has 0 bridgehead atoms. The van der Waals surface area contributed by atoms with Gasteiger partial charge in [-0.25, -0.2) is 0 Å². The monoisotopic (exact) mass is 246 g/mol. The van der Waals surface area contributed by atoms with Crippen LogP contribution in [-0.2, 0) is 6.54 Å². The van der Waals surface area contributed by atoms with Gasteiger partial charge in [-0.1, -0.05) is 0 Å². The van der Waals surface area contributed by atoms with Crippen molar-refractivity contribution in [1.82, 2.24) is 0 Å². The lowest BCUT2D eigenvalue weighted by Gasteiger charge is -2.20. The highest BCUT2D eigenvalue weighted by molar-refractivity contribution is 5.72. The summed E-state index contributed by atoms with van der Waals surface area (Å²) in [5.41, 5.74) is 7.40. The zero-order chi connectivity index (χ0) is 12.4. The van der Waals surface area contributed by atoms with Crippen LogP contribution in [0.15, 0.2) is 34.9 Å². The van der Waals surface area contributed by atoms with Gasteiger partial charge in [-0.3, -0.25) is 0 Å². The molecule has 5 heteroatoms. The second-order valence-electron chi connectivity index (χ2n) is 4.02. The molecule has 1 aromatic carbocycles. The van der Waals surface area contributed by atoms with E-state index in [2.05, 4.69) is 5.32 Å². The topological polar surface area (TPSA) is 69.7 Å². The molecule has 0 saturated heterocycles. The Morgan fingerprint density at radius 3 is 2.67 bits per heavy atom. The lowest BCUT2D eigenvalue weighted by atomic mass is 10.2. The van der Waals surface area contributed by atoms with Gasteiger partial charge in [0, 0.05) is 12.1 Å². The van der Waals surface area contributed by atoms with Crippen molar-refractivity contribution in [2.75, 3.05) is 24.3 Å². The van der Waals surface area contributed by atoms with Crippen molar-refractivity contribution in [1.29, 1.82) is 0 Å². The van der Waals surface area contributed by atoms with E-state index in [4.69, 9.17) is 19.6 Å². The van der Waals surface area contributed by atoms with E-state index in [1.807, 2.05) is 18.2 Å². The fourth-order valence-corrected chi connectivity index (χ4v) is 1.85. The van der Waals surface area contributed by atoms with Crippen LogP contribution in [0.5, 0.6) is 11.5 Å². The maximum Gasteiger partial charge on any atom is 0.163 e. The summed E-state index contributed by atoms with van der Waals surface area (Å²) in [6.45, 7) is 1.71. The van der Waals surface area contributed by atoms with Gasteiger partial charge in [0.05, 0.1) is 24.2 Å². The maximum absolute atomic E-state index is 5.96. The smallest absolute Gasteiger partial charge is 0.163 e. The predicted molar refractivity (Wildman–Crippen MR) is 67.9 cm³/mol. The minimum Gasteiger partial charge on any atom is -0.486 e. The molecule has 3 N–H and O–H groups in total. The number of nitrogens with one attached hydrogen (secondary N) is 1. The fourth-order valence-electron chi connectivity index (χ4n) is 1.85. The molecule has 5 nitrogen and oxygen atoms in total. The Labute approximate surface area is 104 Å². The summed E-state index contributed by atoms with van der Waals surface area (Å²) in [6, 6.07) is 7.39. The van der Waals surface area contributed by atoms with Crippen LogP contribution >= 0.6 is 0 Å². The molecule has 0 aliphatic carbocycles. The van der Waals surface area contributed by atoms with Crippen molar-refractivity contribution in [3.05, 3.63) is 36.3 Å². The Morgan fingerprint density at radius 1 is 1.17 bits per heavy atom. The van der Waals surface area contributed by atoms with Crippen LogP contribution in [0.4, 0.5) is 11.4 Å². The average Bonchev–Trinajstić information content (AvgIpc) is 2.89. The number of hydrogen-bond donors (Lipinski definition) is 2. The molecule has 1 aliphatic rings. The van der Waals surface area contributed by atoms with Gasteiger partial charge in [0.25, 0.3) is 0 Å². The van der Waals surface area contributed by atoms with Gasteiger partial charge in [-0.2, -0.15) is 0 Å². The third-order valence-corrected chi connectivity index (χ3v) is 2.75. The molecule has 0 fully saturated rings. The zero-order valence-electron chi connectivity index (χ0n) is 9.81. The van der Waals surface area contributed by atoms with Crippen LogP contribution in [0.2, 0.25) is 0 Å². The van der Waals surface area contributed by atoms with E-state index in [0.29, 0.717) is 31.2 Å². The third kappa shape index (κ3) is 2.07. The lowest BCUT2D eigenvalue weighted by molar-refractivity contribution is 0.172. The summed E-state index contributed by atoms with van der Waals surface area (Å²) in [5.74, 6) is 2.27. The van der Waals surface area contributed by atoms with Gasteiger partial charge < -0.3 is 24.9 Å². The number of rotatable bonds is 3. The first-order chi connectivity index (χ1) is 8.83. The molecule has 0 amide bonds. The van der Waals surface area contributed by atoms with E-state index in [1.54, 1.807) is 12.3 Å². The predicted octanol–water partition coefficient (Wildman–Crippen LogP) is 2.25. The van der Waals surface area contributed by atoms with E-state index < -0.39 is 0 Å². The summed E-state index contributed by atoms with van der Waals surface area (Å²) in [4.78, 5) is 0. The van der Waals surface area contributed by atoms with Gasteiger partial charge in [-0.15, -0.1) is 0 Å². The molecule has 0 saturated carbocycles. The first kappa shape index (κ1) is 10.8. The molecule has 1 aliphatic heterocycles. The molecule has 0 spiro atoms. The lowest BCUT2D eigenvalue weighted by Crippen LogP contribution is -2.16. The first-order valence-corrected chi connectivity index (χ1v) is 5.78. The van der Waals surface area contributed by atoms with Gasteiger partial charge in [0.1, 0.15) is 19.0 Å². The first-order valence-electron chi connectivity index (χ1n) is 5.78. The van der Waals surface area contributed by atoms with Crippen LogP contribution in [0, 0.1) is 0 Å². The van der Waals surface area contributed by atoms with Crippen molar-refractivity contribution >= 4 is 11.4 Å². The van der Waals surface area contributed by atoms with Crippen LogP contribution in [0.3, 0.4) is 0 Å². The van der Waals surface area contributed by atoms with Crippen molar-refractivity contribution < 1.29 is 13.9 Å². The quantitative estimate of drug-likeness (QED) is 0.813. The maximum atomic E-state index is 5.96. The number of nitrogen functional groups attached to an aromatic ring is 1. The van der Waals surface area contributed by atoms with E-state index in [9.17, 15) is 0 Å². The molecule has 2 heterocycles. The van der Waals surface area contributed by atoms with Crippen molar-refractivity contribution in [2.45, 2.75) is 6.54 Å². The minimum absolute atomic E-state index is 0.561. The number of nitrogens with two attached hydrogens (primary N) is 1. The van der Waals surface area contributed by atoms with Crippen LogP contribution in [0.25, 0.3) is 0 Å². The summed E-state index contributed by atoms with van der Waals surface area (Å²) in [6.07, 6.45) is 1.64. The van der Waals surface area contributed by atoms with E-state index in [0.717, 1.165) is 17.2 Å². The fraction of sp³-hybridized carbons (Fsp3) is 0.231. The van der Waals surface area contributed by atoms with E-state index in [-0.39, 0.29) is 0 Å². The SMILES string of the molecule is Nc1cc2c(cc1NCc1ccco1)OCCO2. The van der Waals surface area contributed by atoms with Crippen molar-refractivity contribution in [2.24, 2.45) is 0 Å². The molecule has 18 heavy (non-hydrogen) atoms. The van der Waals surface area contributed by atoms with Gasteiger partial charge in [-0.05, 0) is 12.1 Å². The Hall–Kier alpha value is -2.30. The van der Waals surface area contributed by atoms with Crippen molar-refractivity contribution in [3.63, 3.8) is 0 Å². The molecular weight excluding hydrogens is 232 g/mol. The standard InChI is InChI=1S/C13H14N2O3/c14-10-6-12-13(18-5-4-17-12)7-11(10)15-8-9-2-1-3-16-9/h1-3,6-7,15H,4-5,8,14H2. The second kappa shape index (κ2) is 4.52. The van der Waals surface area contributed by atoms with Gasteiger partial charge in [0.15, 0.2) is 11.5 Å². The molecule has 0 atom stereocenters. The van der Waals surface area contributed by atoms with Gasteiger partial charge >= 0.3 is 0 Å². The summed E-state index contributed by atoms with van der Waals surface area (Å²) in [7, 11) is 0. The Bertz CT molecular complexity index is 537. The number of ether oxygens (including phenoxy) is 2. The average molecular weight is 246 g/mol. The summed E-state index contributed by atoms with van der Waals surface area (Å²) >= 11 is 0. The minimum atomic E-state index is 0.561.